The van der Waals surface area contributed by atoms with Crippen LogP contribution in [0.15, 0.2) is 55.1 Å². The number of hydrogen-bond donors (Lipinski definition) is 1. The van der Waals surface area contributed by atoms with Crippen LogP contribution < -0.4 is 10.5 Å². The molecule has 0 amide bonds. The highest BCUT2D eigenvalue weighted by molar-refractivity contribution is 5.48. The van der Waals surface area contributed by atoms with Crippen molar-refractivity contribution in [1.82, 2.24) is 0 Å². The number of anilines is 1. The maximum absolute atomic E-state index is 13.2. The molecule has 2 N–H and O–H groups in total. The highest BCUT2D eigenvalue weighted by atomic mass is 19.1. The normalized spacial score (nSPS) is 11.6. The van der Waals surface area contributed by atoms with Gasteiger partial charge in [0.1, 0.15) is 5.75 Å². The van der Waals surface area contributed by atoms with Gasteiger partial charge in [-0.15, -0.1) is 0 Å². The van der Waals surface area contributed by atoms with Gasteiger partial charge in [-0.2, -0.15) is 0 Å². The lowest BCUT2D eigenvalue weighted by atomic mass is 10.2. The maximum Gasteiger partial charge on any atom is 0.165 e. The van der Waals surface area contributed by atoms with Crippen LogP contribution in [-0.4, -0.2) is 0 Å². The van der Waals surface area contributed by atoms with E-state index in [9.17, 15) is 4.39 Å². The predicted octanol–water partition coefficient (Wildman–Crippen LogP) is 3.51. The molecule has 0 heterocycles. The fraction of sp³-hybridized carbons (Fsp3) is 0.0769. The summed E-state index contributed by atoms with van der Waals surface area (Å²) in [6, 6.07) is 5.13. The Hall–Kier alpha value is -2.03. The lowest BCUT2D eigenvalue weighted by Crippen LogP contribution is -1.97. The van der Waals surface area contributed by atoms with E-state index in [-0.39, 0.29) is 5.76 Å². The van der Waals surface area contributed by atoms with Gasteiger partial charge in [-0.1, -0.05) is 13.2 Å². The van der Waals surface area contributed by atoms with Gasteiger partial charge in [-0.05, 0) is 42.8 Å². The van der Waals surface area contributed by atoms with Gasteiger partial charge in [0, 0.05) is 5.69 Å². The van der Waals surface area contributed by atoms with Crippen molar-refractivity contribution in [2.75, 3.05) is 5.73 Å². The van der Waals surface area contributed by atoms with Crippen LogP contribution in [0.1, 0.15) is 5.56 Å². The van der Waals surface area contributed by atoms with Gasteiger partial charge < -0.3 is 10.5 Å². The second-order valence-electron chi connectivity index (χ2n) is 3.25. The molecule has 0 aliphatic carbocycles. The van der Waals surface area contributed by atoms with Gasteiger partial charge in [0.25, 0.3) is 0 Å². The van der Waals surface area contributed by atoms with E-state index in [0.717, 1.165) is 11.6 Å². The van der Waals surface area contributed by atoms with E-state index in [1.54, 1.807) is 18.2 Å². The number of halogens is 1. The van der Waals surface area contributed by atoms with E-state index < -0.39 is 5.83 Å². The number of nitrogen functional groups attached to an aromatic ring is 1. The molecule has 0 radical (unpaired) electrons. The largest absolute Gasteiger partial charge is 0.454 e. The van der Waals surface area contributed by atoms with Gasteiger partial charge in [0.15, 0.2) is 11.6 Å². The second-order valence-corrected chi connectivity index (χ2v) is 3.25. The Morgan fingerprint density at radius 3 is 2.56 bits per heavy atom. The summed E-state index contributed by atoms with van der Waals surface area (Å²) in [7, 11) is 0. The molecule has 84 valence electrons. The summed E-state index contributed by atoms with van der Waals surface area (Å²) in [6.45, 7) is 8.64. The molecule has 0 spiro atoms. The molecule has 16 heavy (non-hydrogen) atoms. The van der Waals surface area contributed by atoms with Crippen LogP contribution in [0, 0.1) is 6.92 Å². The Labute approximate surface area is 94.5 Å². The van der Waals surface area contributed by atoms with Crippen LogP contribution in [0.5, 0.6) is 5.75 Å². The predicted molar refractivity (Wildman–Crippen MR) is 64.7 cm³/mol. The highest BCUT2D eigenvalue weighted by Crippen LogP contribution is 2.24. The molecule has 0 saturated heterocycles. The molecule has 3 heteroatoms. The maximum atomic E-state index is 13.2. The summed E-state index contributed by atoms with van der Waals surface area (Å²) < 4.78 is 18.6. The van der Waals surface area contributed by atoms with E-state index in [2.05, 4.69) is 13.2 Å². The first-order valence-electron chi connectivity index (χ1n) is 4.77. The van der Waals surface area contributed by atoms with Crippen molar-refractivity contribution in [1.29, 1.82) is 0 Å². The van der Waals surface area contributed by atoms with Crippen LogP contribution in [0.4, 0.5) is 10.1 Å². The van der Waals surface area contributed by atoms with Crippen LogP contribution in [0.25, 0.3) is 0 Å². The van der Waals surface area contributed by atoms with Crippen LogP contribution in [0.2, 0.25) is 0 Å². The van der Waals surface area contributed by atoms with E-state index in [0.29, 0.717) is 11.4 Å². The Bertz CT molecular complexity index is 449. The Morgan fingerprint density at radius 2 is 2.06 bits per heavy atom. The third-order valence-corrected chi connectivity index (χ3v) is 2.02. The molecule has 1 rings (SSSR count). The zero-order chi connectivity index (χ0) is 12.1. The zero-order valence-corrected chi connectivity index (χ0v) is 9.16. The number of rotatable bonds is 4. The quantitative estimate of drug-likeness (QED) is 0.478. The van der Waals surface area contributed by atoms with E-state index in [1.165, 1.54) is 6.08 Å². The summed E-state index contributed by atoms with van der Waals surface area (Å²) in [4.78, 5) is 0. The van der Waals surface area contributed by atoms with Crippen molar-refractivity contribution >= 4 is 5.69 Å². The number of allylic oxidation sites excluding steroid dienone is 3. The van der Waals surface area contributed by atoms with Crippen molar-refractivity contribution < 1.29 is 9.13 Å². The standard InChI is InChI=1S/C13H14FNO/c1-4-11(14)12(5-2)16-13-7-6-10(15)8-9(13)3/h4-8H,1-2,15H2,3H3/b12-11-. The average Bonchev–Trinajstić information content (AvgIpc) is 2.27. The number of ether oxygens (including phenoxy) is 1. The molecule has 1 aromatic rings. The lowest BCUT2D eigenvalue weighted by molar-refractivity contribution is 0.417. The van der Waals surface area contributed by atoms with Gasteiger partial charge in [-0.25, -0.2) is 4.39 Å². The van der Waals surface area contributed by atoms with E-state index >= 15 is 0 Å². The first-order chi connectivity index (χ1) is 7.58. The molecule has 0 bridgehead atoms. The Kier molecular flexibility index (Phi) is 3.89. The monoisotopic (exact) mass is 219 g/mol. The van der Waals surface area contributed by atoms with E-state index in [4.69, 9.17) is 10.5 Å². The minimum Gasteiger partial charge on any atom is -0.454 e. The molecule has 0 aromatic heterocycles. The van der Waals surface area contributed by atoms with Crippen LogP contribution in [-0.2, 0) is 0 Å². The molecule has 0 fully saturated rings. The fourth-order valence-corrected chi connectivity index (χ4v) is 1.19. The van der Waals surface area contributed by atoms with Crippen LogP contribution in [0.3, 0.4) is 0 Å². The molecular formula is C13H14FNO. The number of aryl methyl sites for hydroxylation is 1. The topological polar surface area (TPSA) is 35.2 Å². The first kappa shape index (κ1) is 12.0. The summed E-state index contributed by atoms with van der Waals surface area (Å²) in [6.07, 6.45) is 2.37. The second kappa shape index (κ2) is 5.16. The fourth-order valence-electron chi connectivity index (χ4n) is 1.19. The molecule has 0 unspecified atom stereocenters. The Balaban J connectivity index is 3.04. The van der Waals surface area contributed by atoms with Gasteiger partial charge in [0.05, 0.1) is 0 Å². The summed E-state index contributed by atoms with van der Waals surface area (Å²) in [5.41, 5.74) is 7.07. The van der Waals surface area contributed by atoms with Crippen molar-refractivity contribution in [3.63, 3.8) is 0 Å². The van der Waals surface area contributed by atoms with Crippen molar-refractivity contribution in [3.8, 4) is 5.75 Å². The summed E-state index contributed by atoms with van der Waals surface area (Å²) in [5.74, 6) is 0.0372. The Morgan fingerprint density at radius 1 is 1.38 bits per heavy atom. The minimum atomic E-state index is -0.550. The SMILES string of the molecule is C=C/C(F)=C(\C=C)Oc1ccc(N)cc1C. The molecule has 0 atom stereocenters. The summed E-state index contributed by atoms with van der Waals surface area (Å²) >= 11 is 0. The summed E-state index contributed by atoms with van der Waals surface area (Å²) in [5, 5.41) is 0. The van der Waals surface area contributed by atoms with Gasteiger partial charge in [-0.3, -0.25) is 0 Å². The molecule has 0 aliphatic heterocycles. The number of hydrogen-bond acceptors (Lipinski definition) is 2. The third kappa shape index (κ3) is 2.73. The number of benzene rings is 1. The molecule has 1 aromatic carbocycles. The average molecular weight is 219 g/mol. The zero-order valence-electron chi connectivity index (χ0n) is 9.16. The first-order valence-corrected chi connectivity index (χ1v) is 4.77. The molecular weight excluding hydrogens is 205 g/mol. The molecule has 0 aliphatic rings. The lowest BCUT2D eigenvalue weighted by Gasteiger charge is -2.09. The molecule has 2 nitrogen and oxygen atoms in total. The van der Waals surface area contributed by atoms with Crippen molar-refractivity contribution in [3.05, 3.63) is 60.7 Å². The van der Waals surface area contributed by atoms with E-state index in [1.807, 2.05) is 6.92 Å². The third-order valence-electron chi connectivity index (χ3n) is 2.02. The van der Waals surface area contributed by atoms with Gasteiger partial charge in [0.2, 0.25) is 0 Å². The van der Waals surface area contributed by atoms with Crippen molar-refractivity contribution in [2.45, 2.75) is 6.92 Å². The highest BCUT2D eigenvalue weighted by Gasteiger charge is 2.05. The van der Waals surface area contributed by atoms with Crippen LogP contribution >= 0.6 is 0 Å². The van der Waals surface area contributed by atoms with Crippen molar-refractivity contribution in [2.24, 2.45) is 0 Å². The minimum absolute atomic E-state index is 0.0443. The number of nitrogens with two attached hydrogens (primary N) is 1. The molecule has 0 saturated carbocycles. The van der Waals surface area contributed by atoms with Gasteiger partial charge >= 0.3 is 0 Å². The smallest absolute Gasteiger partial charge is 0.165 e.